The van der Waals surface area contributed by atoms with E-state index in [1.807, 2.05) is 0 Å². The Labute approximate surface area is 119 Å². The standard InChI is InChI=1S/C15H22BrCl/c1-10(2)5-13-7-12(9-17)8-14(15(13)16)6-11(3)4/h7-8,10-11H,5-6,9H2,1-4H3. The minimum atomic E-state index is 0.601. The van der Waals surface area contributed by atoms with Gasteiger partial charge < -0.3 is 0 Å². The Balaban J connectivity index is 3.11. The fourth-order valence-electron chi connectivity index (χ4n) is 2.08. The second-order valence-corrected chi connectivity index (χ2v) is 6.62. The summed E-state index contributed by atoms with van der Waals surface area (Å²) >= 11 is 9.74. The number of alkyl halides is 1. The summed E-state index contributed by atoms with van der Waals surface area (Å²) in [6.07, 6.45) is 2.22. The van der Waals surface area contributed by atoms with Gasteiger partial charge in [0.25, 0.3) is 0 Å². The number of benzene rings is 1. The zero-order valence-electron chi connectivity index (χ0n) is 11.2. The Kier molecular flexibility index (Phi) is 6.02. The Hall–Kier alpha value is -0.0100. The smallest absolute Gasteiger partial charge is 0.0474 e. The van der Waals surface area contributed by atoms with Crippen LogP contribution in [0.1, 0.15) is 44.4 Å². The van der Waals surface area contributed by atoms with E-state index in [2.05, 4.69) is 55.8 Å². The van der Waals surface area contributed by atoms with Gasteiger partial charge in [-0.2, -0.15) is 0 Å². The first-order valence-electron chi connectivity index (χ1n) is 6.30. The second-order valence-electron chi connectivity index (χ2n) is 5.56. The number of rotatable bonds is 5. The Bertz CT molecular complexity index is 338. The molecule has 0 radical (unpaired) electrons. The van der Waals surface area contributed by atoms with Gasteiger partial charge in [-0.15, -0.1) is 11.6 Å². The molecule has 96 valence electrons. The van der Waals surface area contributed by atoms with Gasteiger partial charge in [-0.1, -0.05) is 55.8 Å². The fraction of sp³-hybridized carbons (Fsp3) is 0.600. The monoisotopic (exact) mass is 316 g/mol. The third-order valence-electron chi connectivity index (χ3n) is 2.69. The highest BCUT2D eigenvalue weighted by Crippen LogP contribution is 2.28. The normalized spacial score (nSPS) is 11.5. The van der Waals surface area contributed by atoms with E-state index in [1.165, 1.54) is 21.2 Å². The number of halogens is 2. The summed E-state index contributed by atoms with van der Waals surface area (Å²) in [5, 5.41) is 0. The topological polar surface area (TPSA) is 0 Å². The molecule has 0 amide bonds. The van der Waals surface area contributed by atoms with Crippen molar-refractivity contribution in [1.29, 1.82) is 0 Å². The van der Waals surface area contributed by atoms with Crippen LogP contribution in [0, 0.1) is 11.8 Å². The predicted molar refractivity (Wildman–Crippen MR) is 80.8 cm³/mol. The molecule has 0 saturated carbocycles. The van der Waals surface area contributed by atoms with Gasteiger partial charge >= 0.3 is 0 Å². The first-order chi connectivity index (χ1) is 7.93. The maximum absolute atomic E-state index is 5.98. The summed E-state index contributed by atoms with van der Waals surface area (Å²) in [6, 6.07) is 4.47. The second kappa shape index (κ2) is 6.80. The SMILES string of the molecule is CC(C)Cc1cc(CCl)cc(CC(C)C)c1Br. The maximum atomic E-state index is 5.98. The molecule has 0 fully saturated rings. The average molecular weight is 318 g/mol. The van der Waals surface area contributed by atoms with Crippen molar-refractivity contribution in [2.75, 3.05) is 0 Å². The van der Waals surface area contributed by atoms with Crippen molar-refractivity contribution in [3.8, 4) is 0 Å². The molecule has 1 rings (SSSR count). The lowest BCUT2D eigenvalue weighted by Crippen LogP contribution is -2.02. The van der Waals surface area contributed by atoms with Crippen LogP contribution in [-0.4, -0.2) is 0 Å². The van der Waals surface area contributed by atoms with E-state index in [0.29, 0.717) is 17.7 Å². The van der Waals surface area contributed by atoms with Crippen LogP contribution in [0.3, 0.4) is 0 Å². The van der Waals surface area contributed by atoms with Crippen LogP contribution >= 0.6 is 27.5 Å². The molecule has 0 aromatic heterocycles. The van der Waals surface area contributed by atoms with Crippen molar-refractivity contribution < 1.29 is 0 Å². The Morgan fingerprint density at radius 3 is 1.71 bits per heavy atom. The van der Waals surface area contributed by atoms with Gasteiger partial charge in [0.05, 0.1) is 0 Å². The molecule has 0 atom stereocenters. The largest absolute Gasteiger partial charge is 0.122 e. The van der Waals surface area contributed by atoms with Crippen LogP contribution in [0.25, 0.3) is 0 Å². The fourth-order valence-corrected chi connectivity index (χ4v) is 2.78. The Morgan fingerprint density at radius 2 is 1.41 bits per heavy atom. The lowest BCUT2D eigenvalue weighted by atomic mass is 9.95. The van der Waals surface area contributed by atoms with E-state index in [4.69, 9.17) is 11.6 Å². The van der Waals surface area contributed by atoms with Crippen LogP contribution in [0.4, 0.5) is 0 Å². The number of hydrogen-bond acceptors (Lipinski definition) is 0. The highest BCUT2D eigenvalue weighted by atomic mass is 79.9. The van der Waals surface area contributed by atoms with E-state index >= 15 is 0 Å². The van der Waals surface area contributed by atoms with Crippen LogP contribution in [0.5, 0.6) is 0 Å². The highest BCUT2D eigenvalue weighted by molar-refractivity contribution is 9.10. The molecule has 2 heteroatoms. The summed E-state index contributed by atoms with van der Waals surface area (Å²) < 4.78 is 1.29. The van der Waals surface area contributed by atoms with Crippen molar-refractivity contribution in [3.05, 3.63) is 33.3 Å². The van der Waals surface area contributed by atoms with Crippen LogP contribution in [0.2, 0.25) is 0 Å². The van der Waals surface area contributed by atoms with Crippen LogP contribution < -0.4 is 0 Å². The molecule has 0 N–H and O–H groups in total. The molecular weight excluding hydrogens is 296 g/mol. The molecule has 17 heavy (non-hydrogen) atoms. The van der Waals surface area contributed by atoms with Crippen molar-refractivity contribution in [2.24, 2.45) is 11.8 Å². The lowest BCUT2D eigenvalue weighted by molar-refractivity contribution is 0.632. The zero-order chi connectivity index (χ0) is 13.0. The van der Waals surface area contributed by atoms with E-state index in [-0.39, 0.29) is 0 Å². The van der Waals surface area contributed by atoms with Gasteiger partial charge in [-0.05, 0) is 41.4 Å². The first kappa shape index (κ1) is 15.0. The maximum Gasteiger partial charge on any atom is 0.0474 e. The lowest BCUT2D eigenvalue weighted by Gasteiger charge is -2.15. The third-order valence-corrected chi connectivity index (χ3v) is 4.02. The van der Waals surface area contributed by atoms with E-state index in [9.17, 15) is 0 Å². The van der Waals surface area contributed by atoms with Gasteiger partial charge in [0, 0.05) is 10.4 Å². The first-order valence-corrected chi connectivity index (χ1v) is 7.63. The van der Waals surface area contributed by atoms with Gasteiger partial charge in [0.15, 0.2) is 0 Å². The van der Waals surface area contributed by atoms with E-state index < -0.39 is 0 Å². The van der Waals surface area contributed by atoms with Crippen LogP contribution in [-0.2, 0) is 18.7 Å². The summed E-state index contributed by atoms with van der Waals surface area (Å²) in [5.74, 6) is 1.94. The molecule has 0 spiro atoms. The third kappa shape index (κ3) is 4.63. The molecule has 0 saturated heterocycles. The zero-order valence-corrected chi connectivity index (χ0v) is 13.5. The molecule has 0 aliphatic heterocycles. The van der Waals surface area contributed by atoms with Gasteiger partial charge in [-0.25, -0.2) is 0 Å². The minimum Gasteiger partial charge on any atom is -0.122 e. The van der Waals surface area contributed by atoms with Gasteiger partial charge in [0.1, 0.15) is 0 Å². The quantitative estimate of drug-likeness (QED) is 0.621. The van der Waals surface area contributed by atoms with Crippen molar-refractivity contribution in [2.45, 2.75) is 46.4 Å². The summed E-state index contributed by atoms with van der Waals surface area (Å²) in [7, 11) is 0. The van der Waals surface area contributed by atoms with Gasteiger partial charge in [-0.3, -0.25) is 0 Å². The average Bonchev–Trinajstić information content (AvgIpc) is 2.22. The van der Waals surface area contributed by atoms with Crippen molar-refractivity contribution in [3.63, 3.8) is 0 Å². The molecule has 1 aromatic rings. The van der Waals surface area contributed by atoms with Gasteiger partial charge in [0.2, 0.25) is 0 Å². The Morgan fingerprint density at radius 1 is 1.00 bits per heavy atom. The molecule has 0 nitrogen and oxygen atoms in total. The molecule has 0 bridgehead atoms. The molecular formula is C15H22BrCl. The molecule has 0 heterocycles. The summed E-state index contributed by atoms with van der Waals surface area (Å²) in [6.45, 7) is 9.01. The molecule has 0 unspecified atom stereocenters. The van der Waals surface area contributed by atoms with Crippen molar-refractivity contribution >= 4 is 27.5 Å². The summed E-state index contributed by atoms with van der Waals surface area (Å²) in [4.78, 5) is 0. The predicted octanol–water partition coefficient (Wildman–Crippen LogP) is 5.58. The van der Waals surface area contributed by atoms with E-state index in [1.54, 1.807) is 0 Å². The van der Waals surface area contributed by atoms with Crippen LogP contribution in [0.15, 0.2) is 16.6 Å². The molecule has 0 aliphatic rings. The molecule has 0 aliphatic carbocycles. The number of hydrogen-bond donors (Lipinski definition) is 0. The van der Waals surface area contributed by atoms with Crippen molar-refractivity contribution in [1.82, 2.24) is 0 Å². The highest BCUT2D eigenvalue weighted by Gasteiger charge is 2.11. The summed E-state index contributed by atoms with van der Waals surface area (Å²) in [5.41, 5.74) is 4.03. The molecule has 1 aromatic carbocycles. The minimum absolute atomic E-state index is 0.601. The van der Waals surface area contributed by atoms with E-state index in [0.717, 1.165) is 12.8 Å².